The van der Waals surface area contributed by atoms with Crippen LogP contribution in [0.25, 0.3) is 0 Å². The molecule has 0 radical (unpaired) electrons. The van der Waals surface area contributed by atoms with Crippen LogP contribution in [0.2, 0.25) is 0 Å². The summed E-state index contributed by atoms with van der Waals surface area (Å²) in [5, 5.41) is 3.07. The van der Waals surface area contributed by atoms with E-state index < -0.39 is 0 Å². The molecule has 1 N–H and O–H groups in total. The number of hydrogen-bond donors (Lipinski definition) is 1. The van der Waals surface area contributed by atoms with E-state index >= 15 is 0 Å². The zero-order chi connectivity index (χ0) is 20.5. The molecule has 29 heavy (non-hydrogen) atoms. The number of morpholine rings is 1. The first-order valence-corrected chi connectivity index (χ1v) is 10.6. The van der Waals surface area contributed by atoms with Crippen LogP contribution in [-0.2, 0) is 20.7 Å². The Balaban J connectivity index is 1.38. The van der Waals surface area contributed by atoms with E-state index in [0.29, 0.717) is 32.5 Å². The molecular weight excluding hydrogens is 370 g/mol. The molecule has 2 amide bonds. The third-order valence-corrected chi connectivity index (χ3v) is 5.75. The lowest BCUT2D eigenvalue weighted by atomic mass is 9.96. The molecule has 0 spiro atoms. The summed E-state index contributed by atoms with van der Waals surface area (Å²) < 4.78 is 10.5. The lowest BCUT2D eigenvalue weighted by Gasteiger charge is -2.32. The van der Waals surface area contributed by atoms with Crippen molar-refractivity contribution in [2.75, 3.05) is 59.6 Å². The lowest BCUT2D eigenvalue weighted by molar-refractivity contribution is -0.138. The number of rotatable bonds is 9. The Kier molecular flexibility index (Phi) is 8.31. The van der Waals surface area contributed by atoms with Crippen molar-refractivity contribution in [1.29, 1.82) is 0 Å². The zero-order valence-corrected chi connectivity index (χ0v) is 17.4. The molecular formula is C22H33N3O4. The van der Waals surface area contributed by atoms with Crippen LogP contribution in [0.3, 0.4) is 0 Å². The van der Waals surface area contributed by atoms with Gasteiger partial charge in [-0.15, -0.1) is 0 Å². The van der Waals surface area contributed by atoms with Gasteiger partial charge in [-0.2, -0.15) is 0 Å². The molecule has 7 nitrogen and oxygen atoms in total. The van der Waals surface area contributed by atoms with Gasteiger partial charge in [-0.25, -0.2) is 0 Å². The molecule has 1 aromatic rings. The molecule has 0 aliphatic carbocycles. The maximum Gasteiger partial charge on any atom is 0.224 e. The third-order valence-electron chi connectivity index (χ3n) is 5.75. The quantitative estimate of drug-likeness (QED) is 0.630. The van der Waals surface area contributed by atoms with Gasteiger partial charge in [0, 0.05) is 39.1 Å². The number of hydrogen-bond acceptors (Lipinski definition) is 5. The van der Waals surface area contributed by atoms with Crippen molar-refractivity contribution in [1.82, 2.24) is 15.1 Å². The average Bonchev–Trinajstić information content (AvgIpc) is 2.77. The molecule has 2 fully saturated rings. The summed E-state index contributed by atoms with van der Waals surface area (Å²) in [6.45, 7) is 6.39. The number of likely N-dealkylation sites (tertiary alicyclic amines) is 1. The van der Waals surface area contributed by atoms with Crippen LogP contribution in [0, 0.1) is 5.92 Å². The van der Waals surface area contributed by atoms with Crippen LogP contribution >= 0.6 is 0 Å². The minimum atomic E-state index is -0.105. The summed E-state index contributed by atoms with van der Waals surface area (Å²) in [6.07, 6.45) is 2.82. The predicted octanol–water partition coefficient (Wildman–Crippen LogP) is 1.31. The fourth-order valence-electron chi connectivity index (χ4n) is 3.88. The van der Waals surface area contributed by atoms with Crippen molar-refractivity contribution in [3.63, 3.8) is 0 Å². The highest BCUT2D eigenvalue weighted by Gasteiger charge is 2.29. The first-order valence-electron chi connectivity index (χ1n) is 10.6. The minimum absolute atomic E-state index is 0.0777. The number of nitrogens with one attached hydrogen (secondary N) is 1. The molecule has 2 aliphatic heterocycles. The molecule has 1 atom stereocenters. The van der Waals surface area contributed by atoms with Gasteiger partial charge in [0.1, 0.15) is 5.75 Å². The number of carbonyl (C=O) groups is 2. The normalized spacial score (nSPS) is 20.5. The standard InChI is InChI=1S/C22H33N3O4/c1-28-20-6-3-18(4-7-20)9-12-25-17-19(5-8-21(25)26)22(27)23-10-2-11-24-13-15-29-16-14-24/h3-4,6-7,19H,2,5,8-17H2,1H3,(H,23,27). The van der Waals surface area contributed by atoms with Gasteiger partial charge in [0.2, 0.25) is 11.8 Å². The van der Waals surface area contributed by atoms with Gasteiger partial charge < -0.3 is 19.7 Å². The Labute approximate surface area is 173 Å². The maximum atomic E-state index is 12.5. The second kappa shape index (κ2) is 11.2. The molecule has 2 saturated heterocycles. The number of ether oxygens (including phenoxy) is 2. The number of nitrogens with zero attached hydrogens (tertiary/aromatic N) is 2. The highest BCUT2D eigenvalue weighted by Crippen LogP contribution is 2.19. The number of methoxy groups -OCH3 is 1. The first kappa shape index (κ1) is 21.6. The Morgan fingerprint density at radius 3 is 2.69 bits per heavy atom. The van der Waals surface area contributed by atoms with Gasteiger partial charge in [-0.1, -0.05) is 12.1 Å². The average molecular weight is 404 g/mol. The van der Waals surface area contributed by atoms with E-state index in [9.17, 15) is 9.59 Å². The molecule has 3 rings (SSSR count). The van der Waals surface area contributed by atoms with Crippen molar-refractivity contribution in [3.05, 3.63) is 29.8 Å². The molecule has 7 heteroatoms. The fraction of sp³-hybridized carbons (Fsp3) is 0.636. The Bertz CT molecular complexity index is 659. The van der Waals surface area contributed by atoms with Crippen LogP contribution in [0.15, 0.2) is 24.3 Å². The largest absolute Gasteiger partial charge is 0.497 e. The predicted molar refractivity (Wildman–Crippen MR) is 111 cm³/mol. The van der Waals surface area contributed by atoms with E-state index in [1.54, 1.807) is 7.11 Å². The monoisotopic (exact) mass is 403 g/mol. The lowest BCUT2D eigenvalue weighted by Crippen LogP contribution is -2.46. The molecule has 160 valence electrons. The van der Waals surface area contributed by atoms with Crippen molar-refractivity contribution in [3.8, 4) is 5.75 Å². The zero-order valence-electron chi connectivity index (χ0n) is 17.4. The topological polar surface area (TPSA) is 71.1 Å². The van der Waals surface area contributed by atoms with Crippen LogP contribution < -0.4 is 10.1 Å². The van der Waals surface area contributed by atoms with E-state index in [0.717, 1.165) is 57.0 Å². The SMILES string of the molecule is COc1ccc(CCN2CC(C(=O)NCCCN3CCOCC3)CCC2=O)cc1. The summed E-state index contributed by atoms with van der Waals surface area (Å²) in [5.74, 6) is 0.948. The van der Waals surface area contributed by atoms with E-state index in [1.807, 2.05) is 29.2 Å². The second-order valence-electron chi connectivity index (χ2n) is 7.77. The van der Waals surface area contributed by atoms with E-state index in [2.05, 4.69) is 10.2 Å². The number of piperidine rings is 1. The van der Waals surface area contributed by atoms with Gasteiger partial charge in [-0.05, 0) is 43.5 Å². The van der Waals surface area contributed by atoms with E-state index in [-0.39, 0.29) is 17.7 Å². The van der Waals surface area contributed by atoms with Gasteiger partial charge >= 0.3 is 0 Å². The van der Waals surface area contributed by atoms with Crippen LogP contribution in [0.4, 0.5) is 0 Å². The number of benzene rings is 1. The van der Waals surface area contributed by atoms with Crippen molar-refractivity contribution >= 4 is 11.8 Å². The van der Waals surface area contributed by atoms with Crippen LogP contribution in [0.5, 0.6) is 5.75 Å². The van der Waals surface area contributed by atoms with Crippen LogP contribution in [-0.4, -0.2) is 81.2 Å². The van der Waals surface area contributed by atoms with Crippen molar-refractivity contribution in [2.45, 2.75) is 25.7 Å². The summed E-state index contributed by atoms with van der Waals surface area (Å²) in [7, 11) is 1.65. The Hall–Kier alpha value is -2.12. The fourth-order valence-corrected chi connectivity index (χ4v) is 3.88. The van der Waals surface area contributed by atoms with Gasteiger partial charge in [-0.3, -0.25) is 14.5 Å². The molecule has 0 saturated carbocycles. The van der Waals surface area contributed by atoms with Gasteiger partial charge in [0.25, 0.3) is 0 Å². The van der Waals surface area contributed by atoms with Crippen LogP contribution in [0.1, 0.15) is 24.8 Å². The van der Waals surface area contributed by atoms with Gasteiger partial charge in [0.05, 0.1) is 26.2 Å². The van der Waals surface area contributed by atoms with Crippen molar-refractivity contribution in [2.24, 2.45) is 5.92 Å². The maximum absolute atomic E-state index is 12.5. The molecule has 0 aromatic heterocycles. The highest BCUT2D eigenvalue weighted by molar-refractivity contribution is 5.83. The van der Waals surface area contributed by atoms with E-state index in [4.69, 9.17) is 9.47 Å². The summed E-state index contributed by atoms with van der Waals surface area (Å²) in [5.41, 5.74) is 1.16. The first-order chi connectivity index (χ1) is 14.2. The third kappa shape index (κ3) is 6.72. The summed E-state index contributed by atoms with van der Waals surface area (Å²) >= 11 is 0. The molecule has 2 heterocycles. The minimum Gasteiger partial charge on any atom is -0.497 e. The van der Waals surface area contributed by atoms with Gasteiger partial charge in [0.15, 0.2) is 0 Å². The summed E-state index contributed by atoms with van der Waals surface area (Å²) in [6, 6.07) is 7.90. The summed E-state index contributed by atoms with van der Waals surface area (Å²) in [4.78, 5) is 29.0. The number of carbonyl (C=O) groups excluding carboxylic acids is 2. The number of amides is 2. The molecule has 2 aliphatic rings. The molecule has 0 bridgehead atoms. The molecule has 1 aromatic carbocycles. The Morgan fingerprint density at radius 2 is 1.97 bits per heavy atom. The Morgan fingerprint density at radius 1 is 1.21 bits per heavy atom. The van der Waals surface area contributed by atoms with Crippen molar-refractivity contribution < 1.29 is 19.1 Å². The van der Waals surface area contributed by atoms with E-state index in [1.165, 1.54) is 0 Å². The highest BCUT2D eigenvalue weighted by atomic mass is 16.5. The second-order valence-corrected chi connectivity index (χ2v) is 7.77. The molecule has 1 unspecified atom stereocenters. The smallest absolute Gasteiger partial charge is 0.224 e.